The summed E-state index contributed by atoms with van der Waals surface area (Å²) in [6.45, 7) is 0. The summed E-state index contributed by atoms with van der Waals surface area (Å²) in [5.41, 5.74) is 2.41. The maximum absolute atomic E-state index is 13.7. The van der Waals surface area contributed by atoms with Crippen LogP contribution in [0.4, 0.5) is 4.39 Å². The zero-order valence-corrected chi connectivity index (χ0v) is 10.5. The molecule has 0 atom stereocenters. The Kier molecular flexibility index (Phi) is 3.00. The maximum Gasteiger partial charge on any atom is 0.164 e. The highest BCUT2D eigenvalue weighted by atomic mass is 35.5. The van der Waals surface area contributed by atoms with E-state index in [0.717, 1.165) is 36.9 Å². The molecule has 4 heteroatoms. The molecule has 1 aliphatic carbocycles. The van der Waals surface area contributed by atoms with Crippen molar-refractivity contribution >= 4 is 11.6 Å². The van der Waals surface area contributed by atoms with Crippen LogP contribution in [0.1, 0.15) is 24.1 Å². The molecule has 0 saturated heterocycles. The number of aryl methyl sites for hydroxylation is 1. The van der Waals surface area contributed by atoms with Gasteiger partial charge >= 0.3 is 0 Å². The Hall–Kier alpha value is -1.48. The van der Waals surface area contributed by atoms with Gasteiger partial charge in [-0.05, 0) is 37.8 Å². The molecule has 0 aliphatic heterocycles. The SMILES string of the molecule is Fc1ccccc1-c1nc(Cl)c2c(n1)CCCC2. The van der Waals surface area contributed by atoms with Crippen LogP contribution in [0.2, 0.25) is 5.15 Å². The monoisotopic (exact) mass is 262 g/mol. The molecule has 0 saturated carbocycles. The van der Waals surface area contributed by atoms with Gasteiger partial charge in [-0.15, -0.1) is 0 Å². The zero-order valence-electron chi connectivity index (χ0n) is 9.79. The van der Waals surface area contributed by atoms with Crippen LogP contribution in [0.3, 0.4) is 0 Å². The second-order valence-electron chi connectivity index (χ2n) is 4.45. The number of halogens is 2. The molecule has 0 bridgehead atoms. The molecular weight excluding hydrogens is 251 g/mol. The summed E-state index contributed by atoms with van der Waals surface area (Å²) in [4.78, 5) is 8.70. The van der Waals surface area contributed by atoms with E-state index in [4.69, 9.17) is 11.6 Å². The summed E-state index contributed by atoms with van der Waals surface area (Å²) < 4.78 is 13.7. The van der Waals surface area contributed by atoms with Gasteiger partial charge in [0.1, 0.15) is 11.0 Å². The lowest BCUT2D eigenvalue weighted by molar-refractivity contribution is 0.628. The first kappa shape index (κ1) is 11.6. The minimum Gasteiger partial charge on any atom is -0.233 e. The van der Waals surface area contributed by atoms with Crippen molar-refractivity contribution in [2.75, 3.05) is 0 Å². The highest BCUT2D eigenvalue weighted by Crippen LogP contribution is 2.28. The van der Waals surface area contributed by atoms with Crippen molar-refractivity contribution in [2.45, 2.75) is 25.7 Å². The van der Waals surface area contributed by atoms with E-state index in [-0.39, 0.29) is 5.82 Å². The van der Waals surface area contributed by atoms with Gasteiger partial charge in [0.05, 0.1) is 5.56 Å². The van der Waals surface area contributed by atoms with Crippen LogP contribution in [-0.4, -0.2) is 9.97 Å². The van der Waals surface area contributed by atoms with E-state index in [1.165, 1.54) is 6.07 Å². The predicted molar refractivity (Wildman–Crippen MR) is 69.1 cm³/mol. The third kappa shape index (κ3) is 1.99. The summed E-state index contributed by atoms with van der Waals surface area (Å²) in [6, 6.07) is 6.51. The fraction of sp³-hybridized carbons (Fsp3) is 0.286. The fourth-order valence-electron chi connectivity index (χ4n) is 2.31. The first-order chi connectivity index (χ1) is 8.75. The zero-order chi connectivity index (χ0) is 12.5. The van der Waals surface area contributed by atoms with Gasteiger partial charge in [0.2, 0.25) is 0 Å². The average molecular weight is 263 g/mol. The Labute approximate surface area is 110 Å². The Bertz CT molecular complexity index is 598. The molecule has 1 heterocycles. The van der Waals surface area contributed by atoms with Crippen molar-refractivity contribution in [3.8, 4) is 11.4 Å². The number of benzene rings is 1. The third-order valence-electron chi connectivity index (χ3n) is 3.25. The lowest BCUT2D eigenvalue weighted by Gasteiger charge is -2.16. The van der Waals surface area contributed by atoms with Crippen molar-refractivity contribution in [3.05, 3.63) is 46.5 Å². The molecule has 18 heavy (non-hydrogen) atoms. The Balaban J connectivity index is 2.14. The molecule has 0 spiro atoms. The Morgan fingerprint density at radius 3 is 2.67 bits per heavy atom. The number of hydrogen-bond donors (Lipinski definition) is 0. The molecule has 0 amide bonds. The van der Waals surface area contributed by atoms with Crippen molar-refractivity contribution in [2.24, 2.45) is 0 Å². The minimum atomic E-state index is -0.315. The summed E-state index contributed by atoms with van der Waals surface area (Å²) in [6.07, 6.45) is 4.05. The molecule has 1 aromatic carbocycles. The standard InChI is InChI=1S/C14H12ClFN2/c15-13-10-6-2-4-8-12(10)17-14(18-13)9-5-1-3-7-11(9)16/h1,3,5,7H,2,4,6,8H2. The van der Waals surface area contributed by atoms with Gasteiger partial charge in [0.25, 0.3) is 0 Å². The van der Waals surface area contributed by atoms with Crippen molar-refractivity contribution in [1.82, 2.24) is 9.97 Å². The van der Waals surface area contributed by atoms with Crippen LogP contribution in [0, 0.1) is 5.82 Å². The number of fused-ring (bicyclic) bond motifs is 1. The topological polar surface area (TPSA) is 25.8 Å². The van der Waals surface area contributed by atoms with E-state index in [1.807, 2.05) is 0 Å². The molecule has 1 aromatic heterocycles. The molecular formula is C14H12ClFN2. The largest absolute Gasteiger partial charge is 0.233 e. The van der Waals surface area contributed by atoms with E-state index < -0.39 is 0 Å². The number of hydrogen-bond acceptors (Lipinski definition) is 2. The molecule has 1 aliphatic rings. The number of aromatic nitrogens is 2. The second-order valence-corrected chi connectivity index (χ2v) is 4.81. The van der Waals surface area contributed by atoms with E-state index >= 15 is 0 Å². The smallest absolute Gasteiger partial charge is 0.164 e. The van der Waals surface area contributed by atoms with E-state index in [0.29, 0.717) is 16.5 Å². The van der Waals surface area contributed by atoms with Gasteiger partial charge in [-0.3, -0.25) is 0 Å². The summed E-state index contributed by atoms with van der Waals surface area (Å²) >= 11 is 6.18. The van der Waals surface area contributed by atoms with Crippen LogP contribution in [0.15, 0.2) is 24.3 Å². The summed E-state index contributed by atoms with van der Waals surface area (Å²) in [5.74, 6) is 0.0723. The van der Waals surface area contributed by atoms with Crippen LogP contribution in [-0.2, 0) is 12.8 Å². The van der Waals surface area contributed by atoms with Crippen molar-refractivity contribution in [3.63, 3.8) is 0 Å². The van der Waals surface area contributed by atoms with Gasteiger partial charge in [0, 0.05) is 11.3 Å². The van der Waals surface area contributed by atoms with E-state index in [1.54, 1.807) is 18.2 Å². The van der Waals surface area contributed by atoms with Gasteiger partial charge < -0.3 is 0 Å². The highest BCUT2D eigenvalue weighted by molar-refractivity contribution is 6.30. The highest BCUT2D eigenvalue weighted by Gasteiger charge is 2.18. The molecule has 2 aromatic rings. The van der Waals surface area contributed by atoms with Crippen LogP contribution < -0.4 is 0 Å². The average Bonchev–Trinajstić information content (AvgIpc) is 2.39. The van der Waals surface area contributed by atoms with Gasteiger partial charge in [-0.25, -0.2) is 14.4 Å². The number of nitrogens with zero attached hydrogens (tertiary/aromatic N) is 2. The van der Waals surface area contributed by atoms with Crippen molar-refractivity contribution < 1.29 is 4.39 Å². The third-order valence-corrected chi connectivity index (χ3v) is 3.56. The van der Waals surface area contributed by atoms with Gasteiger partial charge in [-0.1, -0.05) is 23.7 Å². The molecule has 3 rings (SSSR count). The van der Waals surface area contributed by atoms with Crippen LogP contribution in [0.25, 0.3) is 11.4 Å². The number of rotatable bonds is 1. The maximum atomic E-state index is 13.7. The lowest BCUT2D eigenvalue weighted by atomic mass is 9.97. The molecule has 2 nitrogen and oxygen atoms in total. The normalized spacial score (nSPS) is 14.3. The quantitative estimate of drug-likeness (QED) is 0.730. The Morgan fingerprint density at radius 1 is 1.06 bits per heavy atom. The first-order valence-corrected chi connectivity index (χ1v) is 6.43. The fourth-order valence-corrected chi connectivity index (χ4v) is 2.59. The van der Waals surface area contributed by atoms with E-state index in [2.05, 4.69) is 9.97 Å². The summed E-state index contributed by atoms with van der Waals surface area (Å²) in [7, 11) is 0. The molecule has 0 unspecified atom stereocenters. The van der Waals surface area contributed by atoms with Crippen LogP contribution in [0.5, 0.6) is 0 Å². The van der Waals surface area contributed by atoms with Crippen molar-refractivity contribution in [1.29, 1.82) is 0 Å². The predicted octanol–water partition coefficient (Wildman–Crippen LogP) is 3.81. The lowest BCUT2D eigenvalue weighted by Crippen LogP contribution is -2.09. The Morgan fingerprint density at radius 2 is 1.83 bits per heavy atom. The molecule has 92 valence electrons. The molecule has 0 fully saturated rings. The van der Waals surface area contributed by atoms with Gasteiger partial charge in [0.15, 0.2) is 5.82 Å². The minimum absolute atomic E-state index is 0.315. The summed E-state index contributed by atoms with van der Waals surface area (Å²) in [5, 5.41) is 0.470. The molecule has 0 radical (unpaired) electrons. The first-order valence-electron chi connectivity index (χ1n) is 6.06. The molecule has 0 N–H and O–H groups in total. The van der Waals surface area contributed by atoms with Gasteiger partial charge in [-0.2, -0.15) is 0 Å². The van der Waals surface area contributed by atoms with Crippen LogP contribution >= 0.6 is 11.6 Å². The second kappa shape index (κ2) is 4.65. The van der Waals surface area contributed by atoms with E-state index in [9.17, 15) is 4.39 Å².